The molecule has 0 heterocycles. The number of halogens is 1. The molecule has 1 aromatic carbocycles. The van der Waals surface area contributed by atoms with Gasteiger partial charge in [0.2, 0.25) is 0 Å². The van der Waals surface area contributed by atoms with E-state index in [9.17, 15) is 9.59 Å². The molecule has 0 aromatic heterocycles. The van der Waals surface area contributed by atoms with E-state index in [2.05, 4.69) is 17.2 Å². The lowest BCUT2D eigenvalue weighted by Crippen LogP contribution is -2.32. The van der Waals surface area contributed by atoms with E-state index in [1.54, 1.807) is 39.0 Å². The minimum atomic E-state index is -0.509. The fraction of sp³-hybridized carbons (Fsp3) is 0.412. The normalized spacial score (nSPS) is 10.4. The number of ether oxygens (including phenoxy) is 1. The lowest BCUT2D eigenvalue weighted by Gasteiger charge is -2.19. The molecular weight excluding hydrogens is 302 g/mol. The van der Waals surface area contributed by atoms with E-state index in [0.29, 0.717) is 23.6 Å². The minimum absolute atomic E-state index is 0.0777. The average Bonchev–Trinajstić information content (AvgIpc) is 2.35. The number of alkyl carbamates (subject to hydrolysis) is 1. The summed E-state index contributed by atoms with van der Waals surface area (Å²) in [6, 6.07) is 5.07. The molecule has 5 heteroatoms. The lowest BCUT2D eigenvalue weighted by atomic mass is 10.1. The maximum absolute atomic E-state index is 11.4. The Bertz CT molecular complexity index is 621. The highest BCUT2D eigenvalue weighted by Crippen LogP contribution is 2.17. The molecule has 118 valence electrons. The number of benzene rings is 1. The molecule has 0 fully saturated rings. The van der Waals surface area contributed by atoms with Crippen LogP contribution in [0.5, 0.6) is 0 Å². The number of hydrogen-bond donors (Lipinski definition) is 1. The molecule has 0 radical (unpaired) electrons. The van der Waals surface area contributed by atoms with Crippen LogP contribution in [0.15, 0.2) is 18.2 Å². The molecule has 0 unspecified atom stereocenters. The molecule has 0 aliphatic heterocycles. The van der Waals surface area contributed by atoms with Crippen molar-refractivity contribution in [1.29, 1.82) is 0 Å². The molecular formula is C17H20ClNO3. The Balaban J connectivity index is 2.47. The second-order valence-corrected chi connectivity index (χ2v) is 6.14. The highest BCUT2D eigenvalue weighted by molar-refractivity contribution is 6.33. The number of rotatable bonds is 3. The van der Waals surface area contributed by atoms with Gasteiger partial charge in [-0.3, -0.25) is 4.79 Å². The van der Waals surface area contributed by atoms with Crippen LogP contribution in [0.25, 0.3) is 0 Å². The van der Waals surface area contributed by atoms with E-state index in [1.807, 2.05) is 0 Å². The zero-order chi connectivity index (χ0) is 16.8. The van der Waals surface area contributed by atoms with Crippen molar-refractivity contribution >= 4 is 23.5 Å². The Hall–Kier alpha value is -1.99. The van der Waals surface area contributed by atoms with E-state index in [4.69, 9.17) is 16.3 Å². The first-order valence-corrected chi connectivity index (χ1v) is 7.33. The van der Waals surface area contributed by atoms with Gasteiger partial charge in [-0.05, 0) is 45.9 Å². The lowest BCUT2D eigenvalue weighted by molar-refractivity contribution is 0.0529. The number of nitrogens with one attached hydrogen (secondary N) is 1. The summed E-state index contributed by atoms with van der Waals surface area (Å²) >= 11 is 6.01. The minimum Gasteiger partial charge on any atom is -0.444 e. The monoisotopic (exact) mass is 321 g/mol. The Kier molecular flexibility index (Phi) is 6.45. The van der Waals surface area contributed by atoms with Crippen LogP contribution in [0.1, 0.15) is 50.0 Å². The molecule has 1 rings (SSSR count). The quantitative estimate of drug-likeness (QED) is 0.523. The zero-order valence-corrected chi connectivity index (χ0v) is 14.0. The van der Waals surface area contributed by atoms with Crippen LogP contribution < -0.4 is 5.32 Å². The topological polar surface area (TPSA) is 55.4 Å². The molecule has 0 saturated carbocycles. The third-order valence-electron chi connectivity index (χ3n) is 2.50. The molecule has 0 spiro atoms. The van der Waals surface area contributed by atoms with Gasteiger partial charge < -0.3 is 10.1 Å². The van der Waals surface area contributed by atoms with Gasteiger partial charge in [-0.15, -0.1) is 0 Å². The van der Waals surface area contributed by atoms with Gasteiger partial charge >= 0.3 is 6.09 Å². The third-order valence-corrected chi connectivity index (χ3v) is 2.81. The van der Waals surface area contributed by atoms with Crippen molar-refractivity contribution in [3.05, 3.63) is 34.3 Å². The van der Waals surface area contributed by atoms with Crippen molar-refractivity contribution in [3.8, 4) is 11.8 Å². The summed E-state index contributed by atoms with van der Waals surface area (Å²) in [4.78, 5) is 22.7. The smallest absolute Gasteiger partial charge is 0.407 e. The third kappa shape index (κ3) is 6.64. The predicted octanol–water partition coefficient (Wildman–Crippen LogP) is 3.81. The summed E-state index contributed by atoms with van der Waals surface area (Å²) in [5.41, 5.74) is 0.705. The Labute approximate surface area is 136 Å². The second-order valence-electron chi connectivity index (χ2n) is 5.73. The van der Waals surface area contributed by atoms with Crippen molar-refractivity contribution in [3.63, 3.8) is 0 Å². The largest absolute Gasteiger partial charge is 0.444 e. The molecule has 0 atom stereocenters. The van der Waals surface area contributed by atoms with Gasteiger partial charge in [0, 0.05) is 24.1 Å². The molecule has 0 saturated heterocycles. The first-order valence-electron chi connectivity index (χ1n) is 6.95. The van der Waals surface area contributed by atoms with Crippen molar-refractivity contribution < 1.29 is 14.3 Å². The number of ketones is 1. The van der Waals surface area contributed by atoms with Gasteiger partial charge in [-0.25, -0.2) is 4.79 Å². The molecule has 1 N–H and O–H groups in total. The summed E-state index contributed by atoms with van der Waals surface area (Å²) in [6.45, 7) is 7.29. The second kappa shape index (κ2) is 7.86. The summed E-state index contributed by atoms with van der Waals surface area (Å²) in [7, 11) is 0. The van der Waals surface area contributed by atoms with Crippen molar-refractivity contribution in [2.45, 2.75) is 39.7 Å². The maximum Gasteiger partial charge on any atom is 0.407 e. The summed E-state index contributed by atoms with van der Waals surface area (Å²) < 4.78 is 5.11. The van der Waals surface area contributed by atoms with Gasteiger partial charge in [0.25, 0.3) is 0 Å². The summed E-state index contributed by atoms with van der Waals surface area (Å²) in [5.74, 6) is 5.79. The molecule has 1 aromatic rings. The van der Waals surface area contributed by atoms with Crippen LogP contribution in [0.4, 0.5) is 4.79 Å². The standard InChI is InChI=1S/C17H20ClNO3/c1-12(20)14-9-8-13(11-15(14)18)7-5-6-10-19-16(21)22-17(2,3)4/h8-9,11H,6,10H2,1-4H3,(H,19,21). The fourth-order valence-corrected chi connectivity index (χ4v) is 1.90. The molecule has 0 bridgehead atoms. The van der Waals surface area contributed by atoms with Crippen LogP contribution in [-0.2, 0) is 4.74 Å². The van der Waals surface area contributed by atoms with Crippen LogP contribution >= 0.6 is 11.6 Å². The highest BCUT2D eigenvalue weighted by Gasteiger charge is 2.15. The van der Waals surface area contributed by atoms with Gasteiger partial charge in [-0.1, -0.05) is 23.4 Å². The predicted molar refractivity (Wildman–Crippen MR) is 87.2 cm³/mol. The van der Waals surface area contributed by atoms with Gasteiger partial charge in [-0.2, -0.15) is 0 Å². The molecule has 1 amide bonds. The van der Waals surface area contributed by atoms with Crippen molar-refractivity contribution in [2.24, 2.45) is 0 Å². The summed E-state index contributed by atoms with van der Waals surface area (Å²) in [6.07, 6.45) is 0.0360. The van der Waals surface area contributed by atoms with Crippen LogP contribution in [-0.4, -0.2) is 24.0 Å². The van der Waals surface area contributed by atoms with Crippen LogP contribution in [0.3, 0.4) is 0 Å². The number of carbonyl (C=O) groups is 2. The van der Waals surface area contributed by atoms with Crippen molar-refractivity contribution in [2.75, 3.05) is 6.54 Å². The fourth-order valence-electron chi connectivity index (χ4n) is 1.58. The van der Waals surface area contributed by atoms with E-state index in [-0.39, 0.29) is 5.78 Å². The molecule has 0 aliphatic rings. The molecule has 0 aliphatic carbocycles. The van der Waals surface area contributed by atoms with E-state index >= 15 is 0 Å². The SMILES string of the molecule is CC(=O)c1ccc(C#CCCNC(=O)OC(C)(C)C)cc1Cl. The highest BCUT2D eigenvalue weighted by atomic mass is 35.5. The van der Waals surface area contributed by atoms with E-state index in [1.165, 1.54) is 6.92 Å². The Morgan fingerprint density at radius 3 is 2.55 bits per heavy atom. The number of hydrogen-bond acceptors (Lipinski definition) is 3. The van der Waals surface area contributed by atoms with Crippen LogP contribution in [0.2, 0.25) is 5.02 Å². The summed E-state index contributed by atoms with van der Waals surface area (Å²) in [5, 5.41) is 3.02. The number of Topliss-reactive ketones (excluding diaryl/α,β-unsaturated/α-hetero) is 1. The van der Waals surface area contributed by atoms with Crippen molar-refractivity contribution in [1.82, 2.24) is 5.32 Å². The number of carbonyl (C=O) groups excluding carboxylic acids is 2. The number of amides is 1. The maximum atomic E-state index is 11.4. The van der Waals surface area contributed by atoms with Gasteiger partial charge in [0.05, 0.1) is 5.02 Å². The zero-order valence-electron chi connectivity index (χ0n) is 13.2. The molecule has 4 nitrogen and oxygen atoms in total. The van der Waals surface area contributed by atoms with E-state index in [0.717, 1.165) is 5.56 Å². The average molecular weight is 322 g/mol. The van der Waals surface area contributed by atoms with E-state index < -0.39 is 11.7 Å². The molecule has 22 heavy (non-hydrogen) atoms. The first kappa shape index (κ1) is 18.1. The Morgan fingerprint density at radius 1 is 1.32 bits per heavy atom. The van der Waals surface area contributed by atoms with Gasteiger partial charge in [0.15, 0.2) is 5.78 Å². The van der Waals surface area contributed by atoms with Crippen LogP contribution in [0, 0.1) is 11.8 Å². The first-order chi connectivity index (χ1) is 10.2. The van der Waals surface area contributed by atoms with Gasteiger partial charge in [0.1, 0.15) is 5.60 Å². The Morgan fingerprint density at radius 2 is 2.00 bits per heavy atom.